The topological polar surface area (TPSA) is 29.5 Å². The van der Waals surface area contributed by atoms with Gasteiger partial charge < -0.3 is 9.84 Å². The van der Waals surface area contributed by atoms with Crippen molar-refractivity contribution in [2.24, 2.45) is 0 Å². The summed E-state index contributed by atoms with van der Waals surface area (Å²) < 4.78 is 18.5. The van der Waals surface area contributed by atoms with E-state index in [0.29, 0.717) is 0 Å². The van der Waals surface area contributed by atoms with Crippen LogP contribution in [0.25, 0.3) is 0 Å². The summed E-state index contributed by atoms with van der Waals surface area (Å²) in [4.78, 5) is 0. The van der Waals surface area contributed by atoms with Crippen molar-refractivity contribution in [3.8, 4) is 0 Å². The molecular weight excluding hydrogens is 195 g/mol. The summed E-state index contributed by atoms with van der Waals surface area (Å²) in [6.07, 6.45) is 2.57. The summed E-state index contributed by atoms with van der Waals surface area (Å²) >= 11 is 0. The van der Waals surface area contributed by atoms with E-state index in [1.54, 1.807) is 13.2 Å². The van der Waals surface area contributed by atoms with Crippen LogP contribution in [0.15, 0.2) is 18.2 Å². The number of benzene rings is 1. The van der Waals surface area contributed by atoms with Crippen LogP contribution in [0.3, 0.4) is 0 Å². The fourth-order valence-corrected chi connectivity index (χ4v) is 2.35. The zero-order valence-electron chi connectivity index (χ0n) is 8.79. The first-order valence-corrected chi connectivity index (χ1v) is 5.17. The third-order valence-corrected chi connectivity index (χ3v) is 3.23. The van der Waals surface area contributed by atoms with Crippen molar-refractivity contribution in [3.05, 3.63) is 35.1 Å². The average Bonchev–Trinajstić information content (AvgIpc) is 2.27. The molecule has 0 saturated carbocycles. The first-order valence-electron chi connectivity index (χ1n) is 5.17. The lowest BCUT2D eigenvalue weighted by Crippen LogP contribution is -2.36. The zero-order chi connectivity index (χ0) is 10.9. The first-order chi connectivity index (χ1) is 7.22. The van der Waals surface area contributed by atoms with Crippen molar-refractivity contribution in [2.75, 3.05) is 13.7 Å². The minimum Gasteiger partial charge on any atom is -0.393 e. The van der Waals surface area contributed by atoms with Crippen molar-refractivity contribution in [3.63, 3.8) is 0 Å². The molecule has 15 heavy (non-hydrogen) atoms. The standard InChI is InChI=1S/C12H15FO2/c1-15-12(8-14)6-2-3-9-7-10(13)4-5-11(9)12/h4-5,7,14H,2-3,6,8H2,1H3. The Balaban J connectivity index is 2.50. The Kier molecular flexibility index (Phi) is 2.76. The van der Waals surface area contributed by atoms with E-state index in [1.165, 1.54) is 12.1 Å². The third kappa shape index (κ3) is 1.66. The lowest BCUT2D eigenvalue weighted by atomic mass is 9.79. The molecule has 0 aliphatic heterocycles. The van der Waals surface area contributed by atoms with Crippen LogP contribution >= 0.6 is 0 Å². The van der Waals surface area contributed by atoms with E-state index in [-0.39, 0.29) is 12.4 Å². The van der Waals surface area contributed by atoms with Crippen molar-refractivity contribution >= 4 is 0 Å². The quantitative estimate of drug-likeness (QED) is 0.809. The maximum absolute atomic E-state index is 13.1. The number of hydrogen-bond donors (Lipinski definition) is 1. The molecule has 0 radical (unpaired) electrons. The largest absolute Gasteiger partial charge is 0.393 e. The minimum absolute atomic E-state index is 0.0534. The van der Waals surface area contributed by atoms with Gasteiger partial charge in [-0.1, -0.05) is 6.07 Å². The summed E-state index contributed by atoms with van der Waals surface area (Å²) in [6, 6.07) is 4.69. The minimum atomic E-state index is -0.624. The van der Waals surface area contributed by atoms with Gasteiger partial charge in [0, 0.05) is 7.11 Å². The van der Waals surface area contributed by atoms with Crippen molar-refractivity contribution in [1.29, 1.82) is 0 Å². The Morgan fingerprint density at radius 2 is 2.33 bits per heavy atom. The molecule has 1 unspecified atom stereocenters. The Bertz CT molecular complexity index is 359. The third-order valence-electron chi connectivity index (χ3n) is 3.23. The van der Waals surface area contributed by atoms with Gasteiger partial charge >= 0.3 is 0 Å². The molecule has 0 fully saturated rings. The second-order valence-electron chi connectivity index (χ2n) is 4.01. The molecule has 2 rings (SSSR count). The van der Waals surface area contributed by atoms with Crippen LogP contribution in [0.5, 0.6) is 0 Å². The first kappa shape index (κ1) is 10.6. The van der Waals surface area contributed by atoms with E-state index >= 15 is 0 Å². The average molecular weight is 210 g/mol. The number of ether oxygens (including phenoxy) is 1. The van der Waals surface area contributed by atoms with Gasteiger partial charge in [-0.3, -0.25) is 0 Å². The molecule has 0 amide bonds. The molecule has 82 valence electrons. The molecule has 1 aromatic carbocycles. The maximum atomic E-state index is 13.1. The molecule has 0 spiro atoms. The summed E-state index contributed by atoms with van der Waals surface area (Å²) in [7, 11) is 1.59. The second kappa shape index (κ2) is 3.91. The van der Waals surface area contributed by atoms with Crippen molar-refractivity contribution in [2.45, 2.75) is 24.9 Å². The van der Waals surface area contributed by atoms with E-state index in [1.807, 2.05) is 0 Å². The van der Waals surface area contributed by atoms with Gasteiger partial charge in [0.25, 0.3) is 0 Å². The van der Waals surface area contributed by atoms with Crippen LogP contribution < -0.4 is 0 Å². The Morgan fingerprint density at radius 1 is 1.53 bits per heavy atom. The van der Waals surface area contributed by atoms with E-state index < -0.39 is 5.60 Å². The highest BCUT2D eigenvalue weighted by Gasteiger charge is 2.36. The van der Waals surface area contributed by atoms with Gasteiger partial charge in [0.1, 0.15) is 11.4 Å². The molecule has 1 aliphatic rings. The zero-order valence-corrected chi connectivity index (χ0v) is 8.79. The monoisotopic (exact) mass is 210 g/mol. The molecule has 2 nitrogen and oxygen atoms in total. The van der Waals surface area contributed by atoms with Gasteiger partial charge in [-0.25, -0.2) is 4.39 Å². The van der Waals surface area contributed by atoms with Crippen LogP contribution in [0.4, 0.5) is 4.39 Å². The molecule has 0 aromatic heterocycles. The van der Waals surface area contributed by atoms with Crippen molar-refractivity contribution in [1.82, 2.24) is 0 Å². The van der Waals surface area contributed by atoms with E-state index in [9.17, 15) is 9.50 Å². The number of fused-ring (bicyclic) bond motifs is 1. The molecular formula is C12H15FO2. The van der Waals surface area contributed by atoms with Crippen LogP contribution in [0.2, 0.25) is 0 Å². The van der Waals surface area contributed by atoms with Gasteiger partial charge in [-0.15, -0.1) is 0 Å². The number of halogens is 1. The number of aliphatic hydroxyl groups is 1. The van der Waals surface area contributed by atoms with Crippen molar-refractivity contribution < 1.29 is 14.2 Å². The lowest BCUT2D eigenvalue weighted by molar-refractivity contribution is -0.0688. The highest BCUT2D eigenvalue weighted by atomic mass is 19.1. The molecule has 1 aromatic rings. The van der Waals surface area contributed by atoms with Crippen LogP contribution in [0.1, 0.15) is 24.0 Å². The summed E-state index contributed by atoms with van der Waals surface area (Å²) in [5, 5.41) is 9.44. The predicted octanol–water partition coefficient (Wildman–Crippen LogP) is 2.00. The molecule has 3 heteroatoms. The summed E-state index contributed by atoms with van der Waals surface area (Å²) in [5.41, 5.74) is 1.26. The number of aliphatic hydroxyl groups excluding tert-OH is 1. The highest BCUT2D eigenvalue weighted by molar-refractivity contribution is 5.35. The van der Waals surface area contributed by atoms with Crippen LogP contribution in [-0.4, -0.2) is 18.8 Å². The highest BCUT2D eigenvalue weighted by Crippen LogP contribution is 2.37. The number of methoxy groups -OCH3 is 1. The fraction of sp³-hybridized carbons (Fsp3) is 0.500. The predicted molar refractivity (Wildman–Crippen MR) is 55.1 cm³/mol. The van der Waals surface area contributed by atoms with Gasteiger partial charge in [0.05, 0.1) is 6.61 Å². The van der Waals surface area contributed by atoms with E-state index in [2.05, 4.69) is 0 Å². The van der Waals surface area contributed by atoms with Gasteiger partial charge in [-0.05, 0) is 42.5 Å². The number of rotatable bonds is 2. The summed E-state index contributed by atoms with van der Waals surface area (Å²) in [5.74, 6) is -0.224. The molecule has 0 heterocycles. The van der Waals surface area contributed by atoms with E-state index in [4.69, 9.17) is 4.74 Å². The maximum Gasteiger partial charge on any atom is 0.123 e. The van der Waals surface area contributed by atoms with Crippen LogP contribution in [-0.2, 0) is 16.8 Å². The molecule has 1 aliphatic carbocycles. The Labute approximate surface area is 88.7 Å². The van der Waals surface area contributed by atoms with Gasteiger partial charge in [0.15, 0.2) is 0 Å². The Hall–Kier alpha value is -0.930. The van der Waals surface area contributed by atoms with Gasteiger partial charge in [-0.2, -0.15) is 0 Å². The fourth-order valence-electron chi connectivity index (χ4n) is 2.35. The van der Waals surface area contributed by atoms with E-state index in [0.717, 1.165) is 30.4 Å². The number of hydrogen-bond acceptors (Lipinski definition) is 2. The SMILES string of the molecule is COC1(CO)CCCc2cc(F)ccc21. The smallest absolute Gasteiger partial charge is 0.123 e. The summed E-state index contributed by atoms with van der Waals surface area (Å²) in [6.45, 7) is -0.0534. The molecule has 0 bridgehead atoms. The molecule has 0 saturated heterocycles. The van der Waals surface area contributed by atoms with Gasteiger partial charge in [0.2, 0.25) is 0 Å². The molecule has 1 atom stereocenters. The van der Waals surface area contributed by atoms with Crippen LogP contribution in [0, 0.1) is 5.82 Å². The normalized spacial score (nSPS) is 25.0. The number of aryl methyl sites for hydroxylation is 1. The Morgan fingerprint density at radius 3 is 3.00 bits per heavy atom. The molecule has 1 N–H and O–H groups in total. The second-order valence-corrected chi connectivity index (χ2v) is 4.01. The lowest BCUT2D eigenvalue weighted by Gasteiger charge is -2.36.